The maximum absolute atomic E-state index is 6.00. The lowest BCUT2D eigenvalue weighted by Crippen LogP contribution is -2.45. The Morgan fingerprint density at radius 2 is 1.96 bits per heavy atom. The summed E-state index contributed by atoms with van der Waals surface area (Å²) in [5.41, 5.74) is 4.51. The highest BCUT2D eigenvalue weighted by molar-refractivity contribution is 6.31. The molecule has 0 aromatic heterocycles. The van der Waals surface area contributed by atoms with Crippen LogP contribution in [0.4, 0.5) is 0 Å². The zero-order valence-corrected chi connectivity index (χ0v) is 14.2. The molecule has 5 heteroatoms. The van der Waals surface area contributed by atoms with Crippen LogP contribution in [0.1, 0.15) is 25.7 Å². The average molecular weight is 341 g/mol. The van der Waals surface area contributed by atoms with Gasteiger partial charge in [-0.05, 0) is 31.8 Å². The molecule has 4 aliphatic rings. The predicted molar refractivity (Wildman–Crippen MR) is 101 cm³/mol. The van der Waals surface area contributed by atoms with Crippen molar-refractivity contribution in [2.75, 3.05) is 0 Å². The number of hydrazone groups is 1. The van der Waals surface area contributed by atoms with Gasteiger partial charge < -0.3 is 0 Å². The molecule has 0 spiro atoms. The molecule has 4 unspecified atom stereocenters. The highest BCUT2D eigenvalue weighted by Crippen LogP contribution is 2.34. The molecule has 0 saturated heterocycles. The van der Waals surface area contributed by atoms with Gasteiger partial charge in [0, 0.05) is 40.9 Å². The maximum atomic E-state index is 6.00. The van der Waals surface area contributed by atoms with Gasteiger partial charge in [-0.25, -0.2) is 0 Å². The van der Waals surface area contributed by atoms with E-state index < -0.39 is 0 Å². The van der Waals surface area contributed by atoms with Gasteiger partial charge in [0.2, 0.25) is 0 Å². The molecule has 0 radical (unpaired) electrons. The molecule has 0 bridgehead atoms. The number of halogens is 1. The number of hydrogen-bond acceptors (Lipinski definition) is 3. The first-order valence-electron chi connectivity index (χ1n) is 8.59. The first kappa shape index (κ1) is 15.6. The minimum atomic E-state index is 0.153. The van der Waals surface area contributed by atoms with Crippen molar-refractivity contribution in [2.45, 2.75) is 31.7 Å². The van der Waals surface area contributed by atoms with E-state index in [9.17, 15) is 0 Å². The molecule has 0 aromatic carbocycles. The number of nitrogens with one attached hydrogen (secondary N) is 1. The van der Waals surface area contributed by atoms with Gasteiger partial charge in [-0.1, -0.05) is 42.0 Å². The van der Waals surface area contributed by atoms with Gasteiger partial charge in [0.25, 0.3) is 0 Å². The fourth-order valence-electron chi connectivity index (χ4n) is 3.76. The van der Waals surface area contributed by atoms with Crippen LogP contribution in [0, 0.1) is 17.8 Å². The van der Waals surface area contributed by atoms with E-state index >= 15 is 0 Å². The van der Waals surface area contributed by atoms with Crippen LogP contribution in [0.5, 0.6) is 0 Å². The number of amidine groups is 1. The third-order valence-corrected chi connectivity index (χ3v) is 5.33. The van der Waals surface area contributed by atoms with Gasteiger partial charge in [0.1, 0.15) is 5.84 Å². The van der Waals surface area contributed by atoms with Crippen molar-refractivity contribution in [1.29, 1.82) is 0 Å². The Hall–Kier alpha value is -1.94. The number of fused-ring (bicyclic) bond motifs is 1. The molecule has 2 aliphatic carbocycles. The Labute approximate surface area is 147 Å². The highest BCUT2D eigenvalue weighted by Gasteiger charge is 2.37. The fourth-order valence-corrected chi connectivity index (χ4v) is 3.92. The van der Waals surface area contributed by atoms with Crippen LogP contribution < -0.4 is 5.43 Å². The van der Waals surface area contributed by atoms with E-state index in [1.165, 1.54) is 5.71 Å². The van der Waals surface area contributed by atoms with E-state index in [0.29, 0.717) is 17.8 Å². The van der Waals surface area contributed by atoms with Gasteiger partial charge in [-0.2, -0.15) is 5.10 Å². The van der Waals surface area contributed by atoms with Crippen LogP contribution in [0.25, 0.3) is 0 Å². The zero-order chi connectivity index (χ0) is 16.4. The van der Waals surface area contributed by atoms with Gasteiger partial charge in [-0.15, -0.1) is 0 Å². The Morgan fingerprint density at radius 3 is 2.71 bits per heavy atom. The molecular weight excluding hydrogens is 320 g/mol. The monoisotopic (exact) mass is 340 g/mol. The molecule has 1 N–H and O–H groups in total. The molecule has 0 amide bonds. The smallest absolute Gasteiger partial charge is 0.121 e. The van der Waals surface area contributed by atoms with Gasteiger partial charge in [0.15, 0.2) is 0 Å². The van der Waals surface area contributed by atoms with Crippen LogP contribution in [-0.4, -0.2) is 23.8 Å². The quantitative estimate of drug-likeness (QED) is 0.759. The minimum absolute atomic E-state index is 0.153. The number of rotatable bonds is 2. The lowest BCUT2D eigenvalue weighted by atomic mass is 9.74. The molecule has 4 nitrogen and oxygen atoms in total. The van der Waals surface area contributed by atoms with Crippen LogP contribution in [0.3, 0.4) is 0 Å². The van der Waals surface area contributed by atoms with E-state index in [4.69, 9.17) is 21.7 Å². The number of hydrogen-bond donors (Lipinski definition) is 1. The summed E-state index contributed by atoms with van der Waals surface area (Å²) >= 11 is 6.00. The van der Waals surface area contributed by atoms with E-state index in [-0.39, 0.29) is 6.04 Å². The largest absolute Gasteiger partial charge is 0.269 e. The molecule has 0 saturated carbocycles. The second-order valence-electron chi connectivity index (χ2n) is 6.59. The topological polar surface area (TPSA) is 49.1 Å². The number of nitrogens with zero attached hydrogens (tertiary/aromatic N) is 3. The van der Waals surface area contributed by atoms with E-state index in [1.807, 2.05) is 24.6 Å². The molecular formula is C19H21ClN4. The van der Waals surface area contributed by atoms with Crippen molar-refractivity contribution in [3.05, 3.63) is 47.7 Å². The third kappa shape index (κ3) is 3.16. The number of allylic oxidation sites excluding steroid dienone is 5. The summed E-state index contributed by atoms with van der Waals surface area (Å²) in [5, 5.41) is 5.52. The Bertz CT molecular complexity index is 711. The van der Waals surface area contributed by atoms with Crippen molar-refractivity contribution in [2.24, 2.45) is 32.8 Å². The van der Waals surface area contributed by atoms with Crippen molar-refractivity contribution in [3.63, 3.8) is 0 Å². The molecule has 2 heterocycles. The standard InChI is InChI=1S/C19H21ClN4/c20-14-5-7-15(8-6-14)22-19-17-4-2-1-3-16(17)18(23-24-19)13-9-11-21-12-10-13/h1-2,5-7,9,11-13,15-17H,3-4,8,10H2,(H,22,24). The summed E-state index contributed by atoms with van der Waals surface area (Å²) in [6, 6.07) is 0.153. The van der Waals surface area contributed by atoms with Crippen LogP contribution >= 0.6 is 11.6 Å². The summed E-state index contributed by atoms with van der Waals surface area (Å²) in [5.74, 6) is 2.20. The predicted octanol–water partition coefficient (Wildman–Crippen LogP) is 3.98. The molecule has 0 fully saturated rings. The molecule has 4 rings (SSSR count). The van der Waals surface area contributed by atoms with Gasteiger partial charge in [0.05, 0.1) is 6.04 Å². The Morgan fingerprint density at radius 1 is 1.08 bits per heavy atom. The minimum Gasteiger partial charge on any atom is -0.269 e. The summed E-state index contributed by atoms with van der Waals surface area (Å²) in [6.45, 7) is 0. The van der Waals surface area contributed by atoms with Crippen LogP contribution in [-0.2, 0) is 0 Å². The summed E-state index contributed by atoms with van der Waals surface area (Å²) < 4.78 is 0. The highest BCUT2D eigenvalue weighted by atomic mass is 35.5. The van der Waals surface area contributed by atoms with Crippen LogP contribution in [0.2, 0.25) is 0 Å². The first-order chi connectivity index (χ1) is 11.8. The molecule has 0 aromatic rings. The van der Waals surface area contributed by atoms with Crippen molar-refractivity contribution in [1.82, 2.24) is 5.43 Å². The lowest BCUT2D eigenvalue weighted by Gasteiger charge is -2.37. The lowest BCUT2D eigenvalue weighted by molar-refractivity contribution is 0.471. The molecule has 2 aliphatic heterocycles. The number of aliphatic imine (C=N–C) groups is 2. The molecule has 24 heavy (non-hydrogen) atoms. The average Bonchev–Trinajstić information content (AvgIpc) is 2.64. The van der Waals surface area contributed by atoms with Gasteiger partial charge in [-0.3, -0.25) is 15.4 Å². The summed E-state index contributed by atoms with van der Waals surface area (Å²) in [4.78, 5) is 9.11. The molecule has 4 atom stereocenters. The Balaban J connectivity index is 1.58. The van der Waals surface area contributed by atoms with E-state index in [0.717, 1.165) is 36.6 Å². The first-order valence-corrected chi connectivity index (χ1v) is 8.97. The van der Waals surface area contributed by atoms with Crippen molar-refractivity contribution in [3.8, 4) is 0 Å². The van der Waals surface area contributed by atoms with Crippen molar-refractivity contribution < 1.29 is 0 Å². The summed E-state index contributed by atoms with van der Waals surface area (Å²) in [6.07, 6.45) is 20.5. The summed E-state index contributed by atoms with van der Waals surface area (Å²) in [7, 11) is 0. The normalized spacial score (nSPS) is 36.1. The van der Waals surface area contributed by atoms with E-state index in [1.54, 1.807) is 0 Å². The maximum Gasteiger partial charge on any atom is 0.121 e. The fraction of sp³-hybridized carbons (Fsp3) is 0.421. The van der Waals surface area contributed by atoms with Crippen molar-refractivity contribution >= 4 is 29.4 Å². The second-order valence-corrected chi connectivity index (χ2v) is 7.02. The third-order valence-electron chi connectivity index (χ3n) is 5.05. The van der Waals surface area contributed by atoms with Gasteiger partial charge >= 0.3 is 0 Å². The second kappa shape index (κ2) is 6.89. The van der Waals surface area contributed by atoms with E-state index in [2.05, 4.69) is 34.7 Å². The zero-order valence-electron chi connectivity index (χ0n) is 13.5. The van der Waals surface area contributed by atoms with Crippen LogP contribution in [0.15, 0.2) is 62.8 Å². The SMILES string of the molecule is ClC1=CCC(N=C2NN=C(C3C=CN=CC3)C3CC=CCC23)C=C1. The Kier molecular flexibility index (Phi) is 4.48. The molecule has 124 valence electrons.